The van der Waals surface area contributed by atoms with Crippen molar-refractivity contribution in [3.05, 3.63) is 0 Å². The molecule has 2 atom stereocenters. The maximum Gasteiger partial charge on any atom is 0.246 e. The van der Waals surface area contributed by atoms with Crippen LogP contribution in [0.5, 0.6) is 0 Å². The van der Waals surface area contributed by atoms with Crippen LogP contribution < -0.4 is 11.1 Å². The SMILES string of the molecule is CC(C)CCNC(=O)COC1(CN)CCC(C)C1. The molecule has 0 aromatic carbocycles. The zero-order valence-electron chi connectivity index (χ0n) is 12.0. The Morgan fingerprint density at radius 2 is 2.28 bits per heavy atom. The van der Waals surface area contributed by atoms with Gasteiger partial charge in [-0.05, 0) is 37.5 Å². The van der Waals surface area contributed by atoms with Crippen molar-refractivity contribution >= 4 is 5.91 Å². The summed E-state index contributed by atoms with van der Waals surface area (Å²) in [5, 5.41) is 2.89. The third-order valence-electron chi connectivity index (χ3n) is 3.74. The molecular weight excluding hydrogens is 228 g/mol. The fraction of sp³-hybridized carbons (Fsp3) is 0.929. The lowest BCUT2D eigenvalue weighted by molar-refractivity contribution is -0.132. The predicted molar refractivity (Wildman–Crippen MR) is 73.2 cm³/mol. The highest BCUT2D eigenvalue weighted by molar-refractivity contribution is 5.77. The second kappa shape index (κ2) is 7.10. The second-order valence-electron chi connectivity index (χ2n) is 6.06. The van der Waals surface area contributed by atoms with E-state index in [2.05, 4.69) is 26.1 Å². The van der Waals surface area contributed by atoms with Crippen LogP contribution in [0.25, 0.3) is 0 Å². The van der Waals surface area contributed by atoms with Crippen LogP contribution in [0, 0.1) is 11.8 Å². The molecule has 1 rings (SSSR count). The van der Waals surface area contributed by atoms with Crippen LogP contribution in [0.4, 0.5) is 0 Å². The number of carbonyl (C=O) groups excluding carboxylic acids is 1. The minimum absolute atomic E-state index is 0.0250. The lowest BCUT2D eigenvalue weighted by Gasteiger charge is -2.27. The largest absolute Gasteiger partial charge is 0.364 e. The van der Waals surface area contributed by atoms with E-state index in [0.29, 0.717) is 18.4 Å². The molecule has 1 aliphatic carbocycles. The van der Waals surface area contributed by atoms with Crippen molar-refractivity contribution in [2.75, 3.05) is 19.7 Å². The number of nitrogens with one attached hydrogen (secondary N) is 1. The van der Waals surface area contributed by atoms with Crippen LogP contribution in [-0.2, 0) is 9.53 Å². The quantitative estimate of drug-likeness (QED) is 0.728. The highest BCUT2D eigenvalue weighted by Gasteiger charge is 2.37. The molecule has 1 aliphatic rings. The van der Waals surface area contributed by atoms with E-state index in [1.165, 1.54) is 0 Å². The third kappa shape index (κ3) is 4.94. The van der Waals surface area contributed by atoms with Crippen LogP contribution in [0.3, 0.4) is 0 Å². The number of nitrogens with two attached hydrogens (primary N) is 1. The molecule has 0 radical (unpaired) electrons. The van der Waals surface area contributed by atoms with Crippen LogP contribution in [0.15, 0.2) is 0 Å². The summed E-state index contributed by atoms with van der Waals surface area (Å²) in [6.45, 7) is 7.88. The van der Waals surface area contributed by atoms with E-state index in [4.69, 9.17) is 10.5 Å². The Balaban J connectivity index is 2.24. The van der Waals surface area contributed by atoms with Crippen molar-refractivity contribution in [3.63, 3.8) is 0 Å². The predicted octanol–water partition coefficient (Wildman–Crippen LogP) is 1.68. The van der Waals surface area contributed by atoms with Crippen LogP contribution in [0.2, 0.25) is 0 Å². The average molecular weight is 256 g/mol. The molecule has 18 heavy (non-hydrogen) atoms. The molecule has 4 nitrogen and oxygen atoms in total. The van der Waals surface area contributed by atoms with Crippen molar-refractivity contribution < 1.29 is 9.53 Å². The van der Waals surface area contributed by atoms with Gasteiger partial charge in [-0.25, -0.2) is 0 Å². The normalized spacial score (nSPS) is 27.7. The fourth-order valence-corrected chi connectivity index (χ4v) is 2.49. The van der Waals surface area contributed by atoms with E-state index in [9.17, 15) is 4.79 Å². The minimum atomic E-state index is -0.255. The molecule has 106 valence electrons. The lowest BCUT2D eigenvalue weighted by Crippen LogP contribution is -2.41. The molecule has 3 N–H and O–H groups in total. The summed E-state index contributed by atoms with van der Waals surface area (Å²) in [5.41, 5.74) is 5.55. The van der Waals surface area contributed by atoms with Crippen molar-refractivity contribution in [3.8, 4) is 0 Å². The molecule has 0 heterocycles. The molecule has 1 fully saturated rings. The van der Waals surface area contributed by atoms with E-state index < -0.39 is 0 Å². The van der Waals surface area contributed by atoms with E-state index >= 15 is 0 Å². The van der Waals surface area contributed by atoms with Gasteiger partial charge in [-0.15, -0.1) is 0 Å². The molecule has 0 bridgehead atoms. The van der Waals surface area contributed by atoms with Gasteiger partial charge in [0.2, 0.25) is 5.91 Å². The number of hydrogen-bond acceptors (Lipinski definition) is 3. The molecule has 1 amide bonds. The van der Waals surface area contributed by atoms with Gasteiger partial charge in [0.15, 0.2) is 0 Å². The van der Waals surface area contributed by atoms with Gasteiger partial charge >= 0.3 is 0 Å². The smallest absolute Gasteiger partial charge is 0.246 e. The Labute approximate surface area is 111 Å². The zero-order chi connectivity index (χ0) is 13.6. The first-order valence-electron chi connectivity index (χ1n) is 7.08. The first-order chi connectivity index (χ1) is 8.47. The second-order valence-corrected chi connectivity index (χ2v) is 6.06. The van der Waals surface area contributed by atoms with Crippen LogP contribution >= 0.6 is 0 Å². The number of ether oxygens (including phenoxy) is 1. The molecule has 0 spiro atoms. The Morgan fingerprint density at radius 1 is 1.56 bits per heavy atom. The molecule has 0 saturated heterocycles. The van der Waals surface area contributed by atoms with E-state index in [1.807, 2.05) is 0 Å². The number of carbonyl (C=O) groups is 1. The Hall–Kier alpha value is -0.610. The van der Waals surface area contributed by atoms with E-state index in [1.54, 1.807) is 0 Å². The number of amides is 1. The number of rotatable bonds is 7. The highest BCUT2D eigenvalue weighted by atomic mass is 16.5. The monoisotopic (exact) mass is 256 g/mol. The first kappa shape index (κ1) is 15.4. The van der Waals surface area contributed by atoms with Gasteiger partial charge < -0.3 is 15.8 Å². The molecule has 0 aliphatic heterocycles. The summed E-state index contributed by atoms with van der Waals surface area (Å²) in [6.07, 6.45) is 4.10. The molecule has 0 aromatic rings. The molecule has 0 aromatic heterocycles. The van der Waals surface area contributed by atoms with Crippen LogP contribution in [0.1, 0.15) is 46.5 Å². The number of hydrogen-bond donors (Lipinski definition) is 2. The Kier molecular flexibility index (Phi) is 6.09. The van der Waals surface area contributed by atoms with Gasteiger partial charge in [-0.2, -0.15) is 0 Å². The van der Waals surface area contributed by atoms with Crippen LogP contribution in [-0.4, -0.2) is 31.2 Å². The van der Waals surface area contributed by atoms with Gasteiger partial charge in [0.25, 0.3) is 0 Å². The fourth-order valence-electron chi connectivity index (χ4n) is 2.49. The molecular formula is C14H28N2O2. The van der Waals surface area contributed by atoms with Gasteiger partial charge in [0, 0.05) is 13.1 Å². The van der Waals surface area contributed by atoms with Gasteiger partial charge in [0.05, 0.1) is 5.60 Å². The summed E-state index contributed by atoms with van der Waals surface area (Å²) < 4.78 is 5.79. The maximum atomic E-state index is 11.6. The average Bonchev–Trinajstić information content (AvgIpc) is 2.69. The van der Waals surface area contributed by atoms with Gasteiger partial charge in [0.1, 0.15) is 6.61 Å². The summed E-state index contributed by atoms with van der Waals surface area (Å²) in [5.74, 6) is 1.23. The summed E-state index contributed by atoms with van der Waals surface area (Å²) in [7, 11) is 0. The Bertz CT molecular complexity index is 269. The Morgan fingerprint density at radius 3 is 2.78 bits per heavy atom. The first-order valence-corrected chi connectivity index (χ1v) is 7.08. The standard InChI is InChI=1S/C14H28N2O2/c1-11(2)5-7-16-13(17)9-18-14(10-15)6-4-12(3)8-14/h11-12H,4-10,15H2,1-3H3,(H,16,17). The lowest BCUT2D eigenvalue weighted by atomic mass is 10.0. The molecule has 4 heteroatoms. The summed E-state index contributed by atoms with van der Waals surface area (Å²) >= 11 is 0. The topological polar surface area (TPSA) is 64.3 Å². The zero-order valence-corrected chi connectivity index (χ0v) is 12.0. The third-order valence-corrected chi connectivity index (χ3v) is 3.74. The van der Waals surface area contributed by atoms with Gasteiger partial charge in [-0.3, -0.25) is 4.79 Å². The van der Waals surface area contributed by atoms with Crippen molar-refractivity contribution in [2.45, 2.75) is 52.1 Å². The van der Waals surface area contributed by atoms with E-state index in [0.717, 1.165) is 32.2 Å². The van der Waals surface area contributed by atoms with Gasteiger partial charge in [-0.1, -0.05) is 20.8 Å². The summed E-state index contributed by atoms with van der Waals surface area (Å²) in [4.78, 5) is 11.6. The summed E-state index contributed by atoms with van der Waals surface area (Å²) in [6, 6.07) is 0. The van der Waals surface area contributed by atoms with Crippen molar-refractivity contribution in [1.29, 1.82) is 0 Å². The van der Waals surface area contributed by atoms with Crippen molar-refractivity contribution in [2.24, 2.45) is 17.6 Å². The van der Waals surface area contributed by atoms with E-state index in [-0.39, 0.29) is 18.1 Å². The molecule has 1 saturated carbocycles. The maximum absolute atomic E-state index is 11.6. The van der Waals surface area contributed by atoms with Crippen molar-refractivity contribution in [1.82, 2.24) is 5.32 Å². The minimum Gasteiger partial charge on any atom is -0.364 e. The molecule has 2 unspecified atom stereocenters. The highest BCUT2D eigenvalue weighted by Crippen LogP contribution is 2.36.